The van der Waals surface area contributed by atoms with Gasteiger partial charge in [-0.2, -0.15) is 0 Å². The maximum absolute atomic E-state index is 2.69. The quantitative estimate of drug-likeness (QED) is 0.597. The summed E-state index contributed by atoms with van der Waals surface area (Å²) in [6.45, 7) is 3.75. The number of fused-ring (bicyclic) bond motifs is 4. The van der Waals surface area contributed by atoms with Gasteiger partial charge < -0.3 is 4.90 Å². The molecule has 1 heterocycles. The summed E-state index contributed by atoms with van der Waals surface area (Å²) in [5.41, 5.74) is 4.72. The molecule has 0 spiro atoms. The van der Waals surface area contributed by atoms with Crippen LogP contribution in [0.25, 0.3) is 12.2 Å². The fourth-order valence-electron chi connectivity index (χ4n) is 6.32. The Bertz CT molecular complexity index is 1310. The van der Waals surface area contributed by atoms with E-state index in [1.54, 1.807) is 11.1 Å². The molecule has 1 aliphatic heterocycles. The number of hydrogen-bond acceptors (Lipinski definition) is 1. The fourth-order valence-corrected chi connectivity index (χ4v) is 6.32. The third-order valence-corrected chi connectivity index (χ3v) is 8.21. The third kappa shape index (κ3) is 3.84. The Morgan fingerprint density at radius 3 is 2.38 bits per heavy atom. The zero-order chi connectivity index (χ0) is 21.3. The highest BCUT2D eigenvalue weighted by molar-refractivity contribution is 5.47. The van der Waals surface area contributed by atoms with E-state index in [9.17, 15) is 0 Å². The standard InChI is InChI=1S/C31H33N/c1-2-6-23(7-3-1)16-19-32-20-17-24(18-21-32)27-11-10-26-13-14-29-28-9-5-4-8-25(28)12-15-30(29)31(26)22-27/h1-10,12-14,24,27H,11,15-22H2. The molecule has 3 aromatic carbocycles. The van der Waals surface area contributed by atoms with E-state index in [1.165, 1.54) is 78.2 Å². The number of hydrogen-bond donors (Lipinski definition) is 0. The van der Waals surface area contributed by atoms with Crippen LogP contribution in [0.5, 0.6) is 0 Å². The van der Waals surface area contributed by atoms with Crippen LogP contribution in [0.2, 0.25) is 0 Å². The van der Waals surface area contributed by atoms with Crippen molar-refractivity contribution >= 4 is 12.2 Å². The van der Waals surface area contributed by atoms with Crippen molar-refractivity contribution in [1.82, 2.24) is 4.90 Å². The molecule has 1 heteroatoms. The van der Waals surface area contributed by atoms with Crippen LogP contribution in [-0.4, -0.2) is 24.5 Å². The highest BCUT2D eigenvalue weighted by Gasteiger charge is 2.28. The Kier molecular flexibility index (Phi) is 5.45. The summed E-state index contributed by atoms with van der Waals surface area (Å²) in [7, 11) is 0. The number of nitrogens with zero attached hydrogens (tertiary/aromatic N) is 1. The molecule has 0 aromatic heterocycles. The van der Waals surface area contributed by atoms with E-state index >= 15 is 0 Å². The van der Waals surface area contributed by atoms with Crippen molar-refractivity contribution in [3.05, 3.63) is 104 Å². The van der Waals surface area contributed by atoms with Gasteiger partial charge in [0.25, 0.3) is 0 Å². The summed E-state index contributed by atoms with van der Waals surface area (Å²) < 4.78 is 0. The first-order chi connectivity index (χ1) is 15.8. The molecule has 3 aliphatic rings. The van der Waals surface area contributed by atoms with E-state index in [0.29, 0.717) is 0 Å². The van der Waals surface area contributed by atoms with E-state index in [4.69, 9.17) is 0 Å². The molecule has 0 N–H and O–H groups in total. The second-order valence-electron chi connectivity index (χ2n) is 9.97. The van der Waals surface area contributed by atoms with Crippen LogP contribution in [0.3, 0.4) is 0 Å². The zero-order valence-electron chi connectivity index (χ0n) is 19.0. The molecule has 0 saturated carbocycles. The van der Waals surface area contributed by atoms with Crippen molar-refractivity contribution in [1.29, 1.82) is 0 Å². The molecule has 162 valence electrons. The highest BCUT2D eigenvalue weighted by atomic mass is 15.1. The van der Waals surface area contributed by atoms with Gasteiger partial charge in [-0.3, -0.25) is 0 Å². The van der Waals surface area contributed by atoms with Crippen LogP contribution in [0.1, 0.15) is 36.0 Å². The first-order valence-corrected chi connectivity index (χ1v) is 12.5. The summed E-state index contributed by atoms with van der Waals surface area (Å²) in [6.07, 6.45) is 12.5. The van der Waals surface area contributed by atoms with Crippen molar-refractivity contribution in [3.63, 3.8) is 0 Å². The summed E-state index contributed by atoms with van der Waals surface area (Å²) >= 11 is 0. The molecule has 1 atom stereocenters. The Labute approximate surface area is 191 Å². The number of likely N-dealkylation sites (tertiary alicyclic amines) is 1. The first-order valence-electron chi connectivity index (χ1n) is 12.5. The Hall–Kier alpha value is -2.64. The van der Waals surface area contributed by atoms with Gasteiger partial charge in [-0.1, -0.05) is 78.9 Å². The highest BCUT2D eigenvalue weighted by Crippen LogP contribution is 2.33. The number of rotatable bonds is 4. The van der Waals surface area contributed by atoms with E-state index in [2.05, 4.69) is 83.8 Å². The topological polar surface area (TPSA) is 3.24 Å². The van der Waals surface area contributed by atoms with Gasteiger partial charge in [-0.15, -0.1) is 0 Å². The molecular weight excluding hydrogens is 386 g/mol. The van der Waals surface area contributed by atoms with Crippen molar-refractivity contribution in [3.8, 4) is 0 Å². The molecule has 6 rings (SSSR count). The molecule has 1 nitrogen and oxygen atoms in total. The summed E-state index contributed by atoms with van der Waals surface area (Å²) in [5.74, 6) is 1.70. The van der Waals surface area contributed by atoms with Crippen LogP contribution < -0.4 is 10.4 Å². The molecule has 32 heavy (non-hydrogen) atoms. The van der Waals surface area contributed by atoms with Gasteiger partial charge in [-0.05, 0) is 101 Å². The predicted molar refractivity (Wildman–Crippen MR) is 134 cm³/mol. The SMILES string of the molecule is C1=c2ccc3c(c2CC(C2CCN(CCc4ccccc4)CC2)C1)CC=c1ccccc1=3. The number of piperidine rings is 1. The summed E-state index contributed by atoms with van der Waals surface area (Å²) in [5, 5.41) is 5.81. The van der Waals surface area contributed by atoms with Gasteiger partial charge in [-0.25, -0.2) is 0 Å². The zero-order valence-corrected chi connectivity index (χ0v) is 19.0. The lowest BCUT2D eigenvalue weighted by Crippen LogP contribution is -2.38. The molecule has 0 radical (unpaired) electrons. The molecule has 3 aromatic rings. The van der Waals surface area contributed by atoms with Crippen molar-refractivity contribution < 1.29 is 0 Å². The van der Waals surface area contributed by atoms with Crippen molar-refractivity contribution in [2.24, 2.45) is 11.8 Å². The average Bonchev–Trinajstić information content (AvgIpc) is 2.87. The monoisotopic (exact) mass is 419 g/mol. The summed E-state index contributed by atoms with van der Waals surface area (Å²) in [4.78, 5) is 2.69. The van der Waals surface area contributed by atoms with E-state index in [1.807, 2.05) is 0 Å². The van der Waals surface area contributed by atoms with Crippen LogP contribution in [0.15, 0.2) is 66.7 Å². The lowest BCUT2D eigenvalue weighted by atomic mass is 9.75. The van der Waals surface area contributed by atoms with Gasteiger partial charge in [0, 0.05) is 6.54 Å². The first kappa shape index (κ1) is 20.0. The van der Waals surface area contributed by atoms with Crippen LogP contribution in [0.4, 0.5) is 0 Å². The van der Waals surface area contributed by atoms with Gasteiger partial charge in [0.1, 0.15) is 0 Å². The molecule has 0 amide bonds. The van der Waals surface area contributed by atoms with Gasteiger partial charge in [0.15, 0.2) is 0 Å². The molecular formula is C31H33N. The van der Waals surface area contributed by atoms with Crippen LogP contribution in [-0.2, 0) is 19.3 Å². The Balaban J connectivity index is 1.16. The van der Waals surface area contributed by atoms with E-state index in [-0.39, 0.29) is 0 Å². The second kappa shape index (κ2) is 8.71. The van der Waals surface area contributed by atoms with E-state index in [0.717, 1.165) is 18.3 Å². The minimum atomic E-state index is 0.822. The molecule has 0 bridgehead atoms. The lowest BCUT2D eigenvalue weighted by molar-refractivity contribution is 0.148. The van der Waals surface area contributed by atoms with Gasteiger partial charge in [0.2, 0.25) is 0 Å². The number of benzene rings is 3. The smallest absolute Gasteiger partial charge is 0.00218 e. The maximum Gasteiger partial charge on any atom is 0.00218 e. The van der Waals surface area contributed by atoms with Gasteiger partial charge >= 0.3 is 0 Å². The predicted octanol–water partition coefficient (Wildman–Crippen LogP) is 4.61. The maximum atomic E-state index is 2.69. The van der Waals surface area contributed by atoms with Crippen molar-refractivity contribution in [2.45, 2.75) is 38.5 Å². The normalized spacial score (nSPS) is 20.4. The Morgan fingerprint density at radius 1 is 0.688 bits per heavy atom. The van der Waals surface area contributed by atoms with Crippen molar-refractivity contribution in [2.75, 3.05) is 19.6 Å². The molecule has 2 aliphatic carbocycles. The van der Waals surface area contributed by atoms with Crippen LogP contribution in [0, 0.1) is 22.3 Å². The Morgan fingerprint density at radius 2 is 1.50 bits per heavy atom. The largest absolute Gasteiger partial charge is 0.303 e. The van der Waals surface area contributed by atoms with Crippen LogP contribution >= 0.6 is 0 Å². The fraction of sp³-hybridized carbons (Fsp3) is 0.355. The summed E-state index contributed by atoms with van der Waals surface area (Å²) in [6, 6.07) is 24.6. The minimum absolute atomic E-state index is 0.822. The minimum Gasteiger partial charge on any atom is -0.303 e. The van der Waals surface area contributed by atoms with E-state index < -0.39 is 0 Å². The molecule has 1 saturated heterocycles. The second-order valence-corrected chi connectivity index (χ2v) is 9.97. The molecule has 1 unspecified atom stereocenters. The third-order valence-electron chi connectivity index (χ3n) is 8.21. The van der Waals surface area contributed by atoms with Gasteiger partial charge in [0.05, 0.1) is 0 Å². The lowest BCUT2D eigenvalue weighted by Gasteiger charge is -2.37. The molecule has 1 fully saturated rings. The average molecular weight is 420 g/mol.